The molecule has 1 aromatic heterocycles. The van der Waals surface area contributed by atoms with Gasteiger partial charge in [0.1, 0.15) is 0 Å². The quantitative estimate of drug-likeness (QED) is 0.710. The van der Waals surface area contributed by atoms with Gasteiger partial charge < -0.3 is 5.11 Å². The second kappa shape index (κ2) is 3.67. The summed E-state index contributed by atoms with van der Waals surface area (Å²) in [6, 6.07) is 8.06. The summed E-state index contributed by atoms with van der Waals surface area (Å²) in [6.45, 7) is 3.80. The third-order valence-corrected chi connectivity index (χ3v) is 3.42. The molecule has 0 atom stereocenters. The number of hydrogen-bond acceptors (Lipinski definition) is 2. The zero-order valence-corrected chi connectivity index (χ0v) is 10.3. The van der Waals surface area contributed by atoms with Crippen molar-refractivity contribution in [3.8, 4) is 11.3 Å². The highest BCUT2D eigenvalue weighted by Gasteiger charge is 2.22. The van der Waals surface area contributed by atoms with Crippen LogP contribution in [0.15, 0.2) is 24.3 Å². The molecule has 0 saturated carbocycles. The first-order chi connectivity index (χ1) is 8.56. The molecular weight excluding hydrogens is 226 g/mol. The summed E-state index contributed by atoms with van der Waals surface area (Å²) in [5.41, 5.74) is 6.40. The van der Waals surface area contributed by atoms with E-state index in [-0.39, 0.29) is 0 Å². The number of hydrogen-bond donors (Lipinski definition) is 1. The van der Waals surface area contributed by atoms with Gasteiger partial charge in [-0.25, -0.2) is 4.79 Å². The van der Waals surface area contributed by atoms with Crippen LogP contribution in [0.4, 0.5) is 0 Å². The number of carbonyl (C=O) groups is 1. The second-order valence-electron chi connectivity index (χ2n) is 4.77. The molecule has 18 heavy (non-hydrogen) atoms. The molecule has 0 unspecified atom stereocenters. The molecule has 1 N–H and O–H groups in total. The van der Waals surface area contributed by atoms with Gasteiger partial charge in [-0.1, -0.05) is 17.7 Å². The molecule has 3 heteroatoms. The minimum Gasteiger partial charge on any atom is -0.478 e. The van der Waals surface area contributed by atoms with Crippen molar-refractivity contribution in [2.75, 3.05) is 0 Å². The number of rotatable bonds is 1. The SMILES string of the molecule is Cc1ccc2c(c1)-c1nc(C)c(C(=O)O)cc1C2. The van der Waals surface area contributed by atoms with Crippen LogP contribution >= 0.6 is 0 Å². The summed E-state index contributed by atoms with van der Waals surface area (Å²) in [4.78, 5) is 15.6. The average Bonchev–Trinajstić information content (AvgIpc) is 2.65. The highest BCUT2D eigenvalue weighted by molar-refractivity contribution is 5.90. The lowest BCUT2D eigenvalue weighted by atomic mass is 10.1. The zero-order valence-electron chi connectivity index (χ0n) is 10.3. The number of aromatic nitrogens is 1. The predicted molar refractivity (Wildman–Crippen MR) is 68.9 cm³/mol. The number of aryl methyl sites for hydroxylation is 2. The highest BCUT2D eigenvalue weighted by Crippen LogP contribution is 2.36. The summed E-state index contributed by atoms with van der Waals surface area (Å²) in [7, 11) is 0. The van der Waals surface area contributed by atoms with Crippen LogP contribution in [0, 0.1) is 13.8 Å². The minimum atomic E-state index is -0.907. The lowest BCUT2D eigenvalue weighted by Crippen LogP contribution is -2.03. The Bertz CT molecular complexity index is 674. The molecule has 0 amide bonds. The van der Waals surface area contributed by atoms with Crippen molar-refractivity contribution in [2.45, 2.75) is 20.3 Å². The van der Waals surface area contributed by atoms with Gasteiger partial charge >= 0.3 is 5.97 Å². The number of fused-ring (bicyclic) bond motifs is 3. The van der Waals surface area contributed by atoms with E-state index in [4.69, 9.17) is 5.11 Å². The van der Waals surface area contributed by atoms with Crippen LogP contribution in [0.25, 0.3) is 11.3 Å². The topological polar surface area (TPSA) is 50.2 Å². The van der Waals surface area contributed by atoms with Gasteiger partial charge in [-0.2, -0.15) is 0 Å². The van der Waals surface area contributed by atoms with Gasteiger partial charge in [0.15, 0.2) is 0 Å². The number of nitrogens with zero attached hydrogens (tertiary/aromatic N) is 1. The van der Waals surface area contributed by atoms with Crippen molar-refractivity contribution < 1.29 is 9.90 Å². The third-order valence-electron chi connectivity index (χ3n) is 3.42. The lowest BCUT2D eigenvalue weighted by Gasteiger charge is -2.05. The predicted octanol–water partition coefficient (Wildman–Crippen LogP) is 2.97. The van der Waals surface area contributed by atoms with Crippen LogP contribution in [0.3, 0.4) is 0 Å². The molecule has 1 heterocycles. The summed E-state index contributed by atoms with van der Waals surface area (Å²) >= 11 is 0. The molecule has 90 valence electrons. The van der Waals surface area contributed by atoms with E-state index in [0.717, 1.165) is 23.2 Å². The van der Waals surface area contributed by atoms with Crippen LogP contribution in [-0.4, -0.2) is 16.1 Å². The van der Waals surface area contributed by atoms with E-state index in [1.807, 2.05) is 0 Å². The number of pyridine rings is 1. The number of aromatic carboxylic acids is 1. The number of benzene rings is 1. The van der Waals surface area contributed by atoms with Gasteiger partial charge in [0.05, 0.1) is 17.0 Å². The number of carboxylic acids is 1. The van der Waals surface area contributed by atoms with E-state index in [1.54, 1.807) is 13.0 Å². The van der Waals surface area contributed by atoms with Gasteiger partial charge in [0, 0.05) is 12.0 Å². The van der Waals surface area contributed by atoms with Gasteiger partial charge in [-0.05, 0) is 37.1 Å². The molecule has 3 nitrogen and oxygen atoms in total. The Kier molecular flexibility index (Phi) is 2.23. The van der Waals surface area contributed by atoms with Gasteiger partial charge in [-0.3, -0.25) is 4.98 Å². The molecule has 0 fully saturated rings. The van der Waals surface area contributed by atoms with Gasteiger partial charge in [0.25, 0.3) is 0 Å². The Morgan fingerprint density at radius 1 is 1.22 bits per heavy atom. The molecule has 1 aliphatic carbocycles. The standard InChI is InChI=1S/C15H13NO2/c1-8-3-4-10-6-11-7-12(15(17)18)9(2)16-14(11)13(10)5-8/h3-5,7H,6H2,1-2H3,(H,17,18). The van der Waals surface area contributed by atoms with Crippen LogP contribution in [0.1, 0.15) is 32.7 Å². The van der Waals surface area contributed by atoms with Crippen molar-refractivity contribution in [1.82, 2.24) is 4.98 Å². The highest BCUT2D eigenvalue weighted by atomic mass is 16.4. The molecule has 2 aromatic rings. The summed E-state index contributed by atoms with van der Waals surface area (Å²) < 4.78 is 0. The van der Waals surface area contributed by atoms with Crippen molar-refractivity contribution in [3.63, 3.8) is 0 Å². The third kappa shape index (κ3) is 1.51. The monoisotopic (exact) mass is 239 g/mol. The summed E-state index contributed by atoms with van der Waals surface area (Å²) in [5.74, 6) is -0.907. The Morgan fingerprint density at radius 2 is 2.00 bits per heavy atom. The van der Waals surface area contributed by atoms with Crippen LogP contribution < -0.4 is 0 Å². The van der Waals surface area contributed by atoms with E-state index >= 15 is 0 Å². The fourth-order valence-electron chi connectivity index (χ4n) is 2.50. The fraction of sp³-hybridized carbons (Fsp3) is 0.200. The maximum atomic E-state index is 11.1. The van der Waals surface area contributed by atoms with Crippen LogP contribution in [-0.2, 0) is 6.42 Å². The maximum absolute atomic E-state index is 11.1. The largest absolute Gasteiger partial charge is 0.478 e. The van der Waals surface area contributed by atoms with E-state index in [1.165, 1.54) is 11.1 Å². The molecule has 0 radical (unpaired) electrons. The Labute approximate surface area is 105 Å². The van der Waals surface area contributed by atoms with Gasteiger partial charge in [-0.15, -0.1) is 0 Å². The first-order valence-electron chi connectivity index (χ1n) is 5.90. The number of carboxylic acid groups (broad SMARTS) is 1. The molecule has 1 aromatic carbocycles. The Hall–Kier alpha value is -2.16. The van der Waals surface area contributed by atoms with E-state index < -0.39 is 5.97 Å². The normalized spacial score (nSPS) is 12.1. The summed E-state index contributed by atoms with van der Waals surface area (Å²) in [5, 5.41) is 9.12. The Balaban J connectivity index is 2.23. The van der Waals surface area contributed by atoms with E-state index in [2.05, 4.69) is 30.1 Å². The first kappa shape index (κ1) is 11.0. The molecule has 3 rings (SSSR count). The van der Waals surface area contributed by atoms with Crippen molar-refractivity contribution in [3.05, 3.63) is 52.2 Å². The molecule has 0 saturated heterocycles. The fourth-order valence-corrected chi connectivity index (χ4v) is 2.50. The van der Waals surface area contributed by atoms with Crippen LogP contribution in [0.5, 0.6) is 0 Å². The van der Waals surface area contributed by atoms with Crippen molar-refractivity contribution in [2.24, 2.45) is 0 Å². The zero-order chi connectivity index (χ0) is 12.9. The Morgan fingerprint density at radius 3 is 2.72 bits per heavy atom. The van der Waals surface area contributed by atoms with E-state index in [0.29, 0.717) is 11.3 Å². The van der Waals surface area contributed by atoms with Gasteiger partial charge in [0.2, 0.25) is 0 Å². The molecule has 0 aliphatic heterocycles. The molecular formula is C15H13NO2. The smallest absolute Gasteiger partial charge is 0.337 e. The summed E-state index contributed by atoms with van der Waals surface area (Å²) in [6.07, 6.45) is 0.776. The lowest BCUT2D eigenvalue weighted by molar-refractivity contribution is 0.0695. The first-order valence-corrected chi connectivity index (χ1v) is 5.90. The van der Waals surface area contributed by atoms with Crippen molar-refractivity contribution >= 4 is 5.97 Å². The second-order valence-corrected chi connectivity index (χ2v) is 4.77. The van der Waals surface area contributed by atoms with E-state index in [9.17, 15) is 4.79 Å². The maximum Gasteiger partial charge on any atom is 0.337 e. The average molecular weight is 239 g/mol. The van der Waals surface area contributed by atoms with Crippen LogP contribution in [0.2, 0.25) is 0 Å². The minimum absolute atomic E-state index is 0.304. The molecule has 0 spiro atoms. The van der Waals surface area contributed by atoms with Crippen molar-refractivity contribution in [1.29, 1.82) is 0 Å². The molecule has 1 aliphatic rings. The molecule has 0 bridgehead atoms.